The number of methoxy groups -OCH3 is 1. The second-order valence-electron chi connectivity index (χ2n) is 11.6. The van der Waals surface area contributed by atoms with E-state index >= 15 is 0 Å². The van der Waals surface area contributed by atoms with Gasteiger partial charge >= 0.3 is 5.97 Å². The van der Waals surface area contributed by atoms with Gasteiger partial charge in [-0.05, 0) is 98.0 Å². The van der Waals surface area contributed by atoms with E-state index in [0.717, 1.165) is 36.0 Å². The largest absolute Gasteiger partial charge is 0.496 e. The van der Waals surface area contributed by atoms with E-state index < -0.39 is 22.1 Å². The summed E-state index contributed by atoms with van der Waals surface area (Å²) < 4.78 is 33.8. The van der Waals surface area contributed by atoms with Crippen molar-refractivity contribution in [1.29, 1.82) is 0 Å². The Morgan fingerprint density at radius 3 is 2.28 bits per heavy atom. The number of carboxylic acid groups (broad SMARTS) is 1. The molecule has 0 aliphatic carbocycles. The Morgan fingerprint density at radius 2 is 1.65 bits per heavy atom. The summed E-state index contributed by atoms with van der Waals surface area (Å²) in [6, 6.07) is 21.2. The van der Waals surface area contributed by atoms with Crippen molar-refractivity contribution in [1.82, 2.24) is 9.62 Å². The molecule has 8 nitrogen and oxygen atoms in total. The van der Waals surface area contributed by atoms with Gasteiger partial charge in [-0.2, -0.15) is 4.31 Å². The maximum absolute atomic E-state index is 13.6. The molecule has 0 radical (unpaired) electrons. The Morgan fingerprint density at radius 1 is 1.00 bits per heavy atom. The number of hydrogen-bond donors (Lipinski definition) is 3. The number of sulfonamides is 1. The van der Waals surface area contributed by atoms with Crippen molar-refractivity contribution in [3.8, 4) is 16.9 Å². The van der Waals surface area contributed by atoms with Gasteiger partial charge in [-0.3, -0.25) is 4.79 Å². The first-order chi connectivity index (χ1) is 20.4. The van der Waals surface area contributed by atoms with Crippen LogP contribution in [-0.4, -0.2) is 67.8 Å². The molecule has 3 rings (SSSR count). The molecule has 3 aromatic carbocycles. The lowest BCUT2D eigenvalue weighted by molar-refractivity contribution is -0.136. The molecule has 3 N–H and O–H groups in total. The summed E-state index contributed by atoms with van der Waals surface area (Å²) in [4.78, 5) is 11.3. The van der Waals surface area contributed by atoms with Crippen LogP contribution in [0.3, 0.4) is 0 Å². The normalized spacial score (nSPS) is 12.8. The van der Waals surface area contributed by atoms with E-state index in [4.69, 9.17) is 9.84 Å². The number of aliphatic hydroxyl groups is 1. The third-order valence-corrected chi connectivity index (χ3v) is 9.67. The Kier molecular flexibility index (Phi) is 12.3. The van der Waals surface area contributed by atoms with Crippen LogP contribution >= 0.6 is 0 Å². The molecule has 0 bridgehead atoms. The van der Waals surface area contributed by atoms with Gasteiger partial charge in [0.2, 0.25) is 10.0 Å². The number of carbonyl (C=O) groups is 1. The molecule has 0 saturated heterocycles. The molecule has 1 atom stereocenters. The summed E-state index contributed by atoms with van der Waals surface area (Å²) in [5, 5.41) is 23.3. The lowest BCUT2D eigenvalue weighted by Gasteiger charge is -2.29. The van der Waals surface area contributed by atoms with Crippen molar-refractivity contribution < 1.29 is 28.2 Å². The standard InChI is InChI=1S/C34H46N2O6S/c1-6-26-21-28(27-14-17-31(42-5)29(22-27)16-19-33(38)39)15-18-32(26)43(40,41)36(4)24-30(37)23-35-34(2,3)20-10-13-25-11-8-7-9-12-25/h7-9,11-12,14-15,17-18,21-22,30,35,37H,6,10,13,16,19-20,23-24H2,1-5H3,(H,38,39). The highest BCUT2D eigenvalue weighted by atomic mass is 32.2. The maximum atomic E-state index is 13.6. The van der Waals surface area contributed by atoms with Gasteiger partial charge in [-0.25, -0.2) is 8.42 Å². The number of ether oxygens (including phenoxy) is 1. The van der Waals surface area contributed by atoms with Crippen LogP contribution in [0.15, 0.2) is 71.6 Å². The Labute approximate surface area is 256 Å². The minimum Gasteiger partial charge on any atom is -0.496 e. The van der Waals surface area contributed by atoms with Crippen molar-refractivity contribution in [2.45, 2.75) is 75.8 Å². The Bertz CT molecular complexity index is 1460. The van der Waals surface area contributed by atoms with Crippen LogP contribution in [0, 0.1) is 0 Å². The fraction of sp³-hybridized carbons (Fsp3) is 0.441. The zero-order chi connectivity index (χ0) is 31.6. The summed E-state index contributed by atoms with van der Waals surface area (Å²) >= 11 is 0. The summed E-state index contributed by atoms with van der Waals surface area (Å²) in [5.41, 5.74) is 4.22. The summed E-state index contributed by atoms with van der Waals surface area (Å²) in [6.07, 6.45) is 2.84. The number of nitrogens with zero attached hydrogens (tertiary/aromatic N) is 1. The quantitative estimate of drug-likeness (QED) is 0.190. The van der Waals surface area contributed by atoms with E-state index in [2.05, 4.69) is 31.3 Å². The van der Waals surface area contributed by atoms with Crippen LogP contribution in [-0.2, 0) is 34.1 Å². The average Bonchev–Trinajstić information content (AvgIpc) is 2.99. The maximum Gasteiger partial charge on any atom is 0.303 e. The van der Waals surface area contributed by atoms with Crippen LogP contribution in [0.5, 0.6) is 5.75 Å². The van der Waals surface area contributed by atoms with E-state index in [0.29, 0.717) is 24.2 Å². The number of aliphatic carboxylic acids is 1. The van der Waals surface area contributed by atoms with Gasteiger partial charge in [0.1, 0.15) is 5.75 Å². The van der Waals surface area contributed by atoms with Crippen LogP contribution in [0.2, 0.25) is 0 Å². The third kappa shape index (κ3) is 9.89. The molecule has 0 aromatic heterocycles. The highest BCUT2D eigenvalue weighted by molar-refractivity contribution is 7.89. The number of aryl methyl sites for hydroxylation is 3. The first-order valence-corrected chi connectivity index (χ1v) is 16.3. The number of carboxylic acids is 1. The molecule has 0 spiro atoms. The van der Waals surface area contributed by atoms with Crippen LogP contribution in [0.4, 0.5) is 0 Å². The summed E-state index contributed by atoms with van der Waals surface area (Å²) in [6.45, 7) is 6.34. The molecule has 0 amide bonds. The lowest BCUT2D eigenvalue weighted by atomic mass is 9.95. The minimum absolute atomic E-state index is 0.0172. The predicted molar refractivity (Wildman–Crippen MR) is 171 cm³/mol. The lowest BCUT2D eigenvalue weighted by Crippen LogP contribution is -2.46. The predicted octanol–water partition coefficient (Wildman–Crippen LogP) is 5.31. The van der Waals surface area contributed by atoms with Gasteiger partial charge in [0.05, 0.1) is 18.1 Å². The molecule has 3 aromatic rings. The molecule has 0 aliphatic rings. The second-order valence-corrected chi connectivity index (χ2v) is 13.7. The topological polar surface area (TPSA) is 116 Å². The molecule has 234 valence electrons. The fourth-order valence-electron chi connectivity index (χ4n) is 5.17. The molecule has 0 saturated carbocycles. The van der Waals surface area contributed by atoms with Crippen molar-refractivity contribution >= 4 is 16.0 Å². The van der Waals surface area contributed by atoms with E-state index in [1.54, 1.807) is 25.3 Å². The van der Waals surface area contributed by atoms with Gasteiger partial charge in [-0.15, -0.1) is 0 Å². The van der Waals surface area contributed by atoms with E-state index in [1.165, 1.54) is 16.9 Å². The molecule has 0 heterocycles. The first-order valence-electron chi connectivity index (χ1n) is 14.8. The SMILES string of the molecule is CCc1cc(-c2ccc(OC)c(CCC(=O)O)c2)ccc1S(=O)(=O)N(C)CC(O)CNC(C)(C)CCCc1ccccc1. The number of benzene rings is 3. The molecular weight excluding hydrogens is 564 g/mol. The van der Waals surface area contributed by atoms with Gasteiger partial charge in [-0.1, -0.05) is 49.4 Å². The zero-order valence-corrected chi connectivity index (χ0v) is 26.8. The number of likely N-dealkylation sites (N-methyl/N-ethyl adjacent to an activating group) is 1. The molecule has 1 unspecified atom stereocenters. The Balaban J connectivity index is 1.65. The van der Waals surface area contributed by atoms with Gasteiger partial charge in [0.25, 0.3) is 0 Å². The number of β-amino-alcohol motifs (C(OH)–C–C–N with tert-alkyl or cyclic N) is 1. The monoisotopic (exact) mass is 610 g/mol. The van der Waals surface area contributed by atoms with Crippen molar-refractivity contribution in [3.05, 3.63) is 83.4 Å². The molecule has 9 heteroatoms. The molecular formula is C34H46N2O6S. The molecule has 0 fully saturated rings. The second kappa shape index (κ2) is 15.5. The van der Waals surface area contributed by atoms with Gasteiger partial charge in [0.15, 0.2) is 0 Å². The highest BCUT2D eigenvalue weighted by Gasteiger charge is 2.27. The minimum atomic E-state index is -3.85. The van der Waals surface area contributed by atoms with Gasteiger partial charge < -0.3 is 20.3 Å². The average molecular weight is 611 g/mol. The summed E-state index contributed by atoms with van der Waals surface area (Å²) in [5.74, 6) is -0.270. The van der Waals surface area contributed by atoms with Crippen LogP contribution in [0.25, 0.3) is 11.1 Å². The highest BCUT2D eigenvalue weighted by Crippen LogP contribution is 2.31. The first kappa shape index (κ1) is 34.3. The van der Waals surface area contributed by atoms with Crippen LogP contribution < -0.4 is 10.1 Å². The number of hydrogen-bond acceptors (Lipinski definition) is 6. The number of aliphatic hydroxyl groups excluding tert-OH is 1. The Hall–Kier alpha value is -3.24. The number of nitrogens with one attached hydrogen (secondary N) is 1. The van der Waals surface area contributed by atoms with E-state index in [9.17, 15) is 18.3 Å². The van der Waals surface area contributed by atoms with Crippen molar-refractivity contribution in [2.24, 2.45) is 0 Å². The summed E-state index contributed by atoms with van der Waals surface area (Å²) in [7, 11) is -0.809. The van der Waals surface area contributed by atoms with Crippen LogP contribution in [0.1, 0.15) is 56.7 Å². The molecule has 43 heavy (non-hydrogen) atoms. The number of rotatable bonds is 17. The smallest absolute Gasteiger partial charge is 0.303 e. The van der Waals surface area contributed by atoms with Crippen molar-refractivity contribution in [3.63, 3.8) is 0 Å². The zero-order valence-electron chi connectivity index (χ0n) is 26.0. The van der Waals surface area contributed by atoms with E-state index in [-0.39, 0.29) is 29.9 Å². The fourth-order valence-corrected chi connectivity index (χ4v) is 6.65. The third-order valence-electron chi connectivity index (χ3n) is 7.75. The van der Waals surface area contributed by atoms with E-state index in [1.807, 2.05) is 43.3 Å². The molecule has 0 aliphatic heterocycles. The van der Waals surface area contributed by atoms with Crippen molar-refractivity contribution in [2.75, 3.05) is 27.2 Å². The van der Waals surface area contributed by atoms with Gasteiger partial charge in [0, 0.05) is 32.1 Å².